The second-order valence-corrected chi connectivity index (χ2v) is 4.91. The first-order valence-electron chi connectivity index (χ1n) is 5.83. The first-order valence-corrected chi connectivity index (χ1v) is 5.83. The molecule has 2 nitrogen and oxygen atoms in total. The van der Waals surface area contributed by atoms with Crippen molar-refractivity contribution in [2.24, 2.45) is 5.73 Å². The molecular weight excluding hydrogens is 196 g/mol. The number of rotatable bonds is 2. The Bertz CT molecular complexity index is 521. The zero-order chi connectivity index (χ0) is 11.9. The van der Waals surface area contributed by atoms with Gasteiger partial charge in [-0.15, -0.1) is 0 Å². The molecule has 0 spiro atoms. The second-order valence-electron chi connectivity index (χ2n) is 4.91. The van der Waals surface area contributed by atoms with E-state index in [0.29, 0.717) is 0 Å². The number of nitrogens with one attached hydrogen (secondary N) is 1. The lowest BCUT2D eigenvalue weighted by Gasteiger charge is -2.07. The normalized spacial score (nSPS) is 13.3. The summed E-state index contributed by atoms with van der Waals surface area (Å²) in [6.45, 7) is 8.50. The standard InChI is InChI=1S/C14H20N2/c1-8-5-9(2)14-12(7-10(3)15)11(4)16-13(14)6-8/h5-6,10,16H,7,15H2,1-4H3. The summed E-state index contributed by atoms with van der Waals surface area (Å²) in [6, 6.07) is 4.65. The van der Waals surface area contributed by atoms with Crippen LogP contribution < -0.4 is 5.73 Å². The van der Waals surface area contributed by atoms with Gasteiger partial charge in [-0.25, -0.2) is 0 Å². The summed E-state index contributed by atoms with van der Waals surface area (Å²) in [6.07, 6.45) is 0.940. The van der Waals surface area contributed by atoms with Gasteiger partial charge < -0.3 is 10.7 Å². The summed E-state index contributed by atoms with van der Waals surface area (Å²) in [7, 11) is 0. The van der Waals surface area contributed by atoms with Gasteiger partial charge in [0.05, 0.1) is 0 Å². The van der Waals surface area contributed by atoms with Crippen molar-refractivity contribution in [2.45, 2.75) is 40.2 Å². The summed E-state index contributed by atoms with van der Waals surface area (Å²) >= 11 is 0. The Morgan fingerprint density at radius 3 is 2.56 bits per heavy atom. The van der Waals surface area contributed by atoms with E-state index in [1.165, 1.54) is 33.3 Å². The molecule has 0 amide bonds. The SMILES string of the molecule is Cc1cc(C)c2c(CC(C)N)c(C)[nH]c2c1. The highest BCUT2D eigenvalue weighted by Crippen LogP contribution is 2.27. The largest absolute Gasteiger partial charge is 0.358 e. The average molecular weight is 216 g/mol. The molecule has 2 rings (SSSR count). The van der Waals surface area contributed by atoms with Gasteiger partial charge in [-0.1, -0.05) is 6.07 Å². The average Bonchev–Trinajstić information content (AvgIpc) is 2.41. The number of fused-ring (bicyclic) bond motifs is 1. The van der Waals surface area contributed by atoms with Gasteiger partial charge >= 0.3 is 0 Å². The quantitative estimate of drug-likeness (QED) is 0.796. The van der Waals surface area contributed by atoms with Crippen molar-refractivity contribution in [3.05, 3.63) is 34.5 Å². The fourth-order valence-electron chi connectivity index (χ4n) is 2.51. The Morgan fingerprint density at radius 2 is 1.94 bits per heavy atom. The molecule has 16 heavy (non-hydrogen) atoms. The molecule has 0 bridgehead atoms. The highest BCUT2D eigenvalue weighted by atomic mass is 14.7. The van der Waals surface area contributed by atoms with E-state index in [1.54, 1.807) is 0 Å². The predicted octanol–water partition coefficient (Wildman–Crippen LogP) is 2.98. The van der Waals surface area contributed by atoms with Gasteiger partial charge in [-0.3, -0.25) is 0 Å². The Balaban J connectivity index is 2.68. The second kappa shape index (κ2) is 3.95. The smallest absolute Gasteiger partial charge is 0.0464 e. The maximum Gasteiger partial charge on any atom is 0.0464 e. The van der Waals surface area contributed by atoms with Crippen LogP contribution in [-0.2, 0) is 6.42 Å². The molecule has 0 saturated heterocycles. The van der Waals surface area contributed by atoms with Crippen LogP contribution in [0.1, 0.15) is 29.3 Å². The summed E-state index contributed by atoms with van der Waals surface area (Å²) in [4.78, 5) is 3.46. The Hall–Kier alpha value is -1.28. The highest BCUT2D eigenvalue weighted by molar-refractivity contribution is 5.88. The molecule has 0 aliphatic rings. The topological polar surface area (TPSA) is 41.8 Å². The fraction of sp³-hybridized carbons (Fsp3) is 0.429. The summed E-state index contributed by atoms with van der Waals surface area (Å²) < 4.78 is 0. The summed E-state index contributed by atoms with van der Waals surface area (Å²) in [5, 5.41) is 1.36. The molecule has 0 fully saturated rings. The molecule has 86 valence electrons. The van der Waals surface area contributed by atoms with Gasteiger partial charge in [0.15, 0.2) is 0 Å². The van der Waals surface area contributed by atoms with E-state index >= 15 is 0 Å². The molecule has 1 aromatic carbocycles. The van der Waals surface area contributed by atoms with Crippen LogP contribution in [0.3, 0.4) is 0 Å². The molecule has 0 aliphatic heterocycles. The number of aryl methyl sites for hydroxylation is 3. The molecule has 1 atom stereocenters. The van der Waals surface area contributed by atoms with Crippen LogP contribution in [0, 0.1) is 20.8 Å². The fourth-order valence-corrected chi connectivity index (χ4v) is 2.51. The van der Waals surface area contributed by atoms with Crippen molar-refractivity contribution < 1.29 is 0 Å². The van der Waals surface area contributed by atoms with Gasteiger partial charge in [0, 0.05) is 22.6 Å². The van der Waals surface area contributed by atoms with Crippen LogP contribution in [0.25, 0.3) is 10.9 Å². The van der Waals surface area contributed by atoms with Crippen molar-refractivity contribution >= 4 is 10.9 Å². The van der Waals surface area contributed by atoms with Crippen LogP contribution in [-0.4, -0.2) is 11.0 Å². The lowest BCUT2D eigenvalue weighted by atomic mass is 9.99. The first-order chi connectivity index (χ1) is 7.49. The molecule has 0 radical (unpaired) electrons. The van der Waals surface area contributed by atoms with Crippen LogP contribution in [0.5, 0.6) is 0 Å². The predicted molar refractivity (Wildman–Crippen MR) is 69.9 cm³/mol. The zero-order valence-electron chi connectivity index (χ0n) is 10.5. The van der Waals surface area contributed by atoms with E-state index in [2.05, 4.69) is 44.8 Å². The van der Waals surface area contributed by atoms with Crippen LogP contribution in [0.2, 0.25) is 0 Å². The van der Waals surface area contributed by atoms with Crippen LogP contribution >= 0.6 is 0 Å². The minimum absolute atomic E-state index is 0.207. The Morgan fingerprint density at radius 1 is 1.25 bits per heavy atom. The van der Waals surface area contributed by atoms with E-state index < -0.39 is 0 Å². The number of benzene rings is 1. The van der Waals surface area contributed by atoms with E-state index in [4.69, 9.17) is 5.73 Å². The molecule has 3 N–H and O–H groups in total. The van der Waals surface area contributed by atoms with Crippen LogP contribution in [0.4, 0.5) is 0 Å². The van der Waals surface area contributed by atoms with E-state index in [0.717, 1.165) is 6.42 Å². The van der Waals surface area contributed by atoms with Gasteiger partial charge in [0.1, 0.15) is 0 Å². The van der Waals surface area contributed by atoms with Gasteiger partial charge in [-0.05, 0) is 56.9 Å². The molecule has 1 aromatic heterocycles. The third kappa shape index (κ3) is 1.85. The van der Waals surface area contributed by atoms with Crippen molar-refractivity contribution in [1.29, 1.82) is 0 Å². The Kier molecular flexibility index (Phi) is 2.76. The lowest BCUT2D eigenvalue weighted by Crippen LogP contribution is -2.18. The highest BCUT2D eigenvalue weighted by Gasteiger charge is 2.12. The molecule has 1 heterocycles. The molecule has 0 saturated carbocycles. The number of aromatic nitrogens is 1. The number of aromatic amines is 1. The van der Waals surface area contributed by atoms with E-state index in [1.807, 2.05) is 0 Å². The minimum Gasteiger partial charge on any atom is -0.358 e. The number of nitrogens with two attached hydrogens (primary N) is 1. The van der Waals surface area contributed by atoms with Crippen molar-refractivity contribution in [1.82, 2.24) is 4.98 Å². The number of hydrogen-bond acceptors (Lipinski definition) is 1. The lowest BCUT2D eigenvalue weighted by molar-refractivity contribution is 0.738. The monoisotopic (exact) mass is 216 g/mol. The minimum atomic E-state index is 0.207. The maximum atomic E-state index is 5.91. The van der Waals surface area contributed by atoms with Gasteiger partial charge in [0.25, 0.3) is 0 Å². The molecule has 2 aromatic rings. The van der Waals surface area contributed by atoms with Crippen molar-refractivity contribution in [3.63, 3.8) is 0 Å². The van der Waals surface area contributed by atoms with Crippen molar-refractivity contribution in [3.8, 4) is 0 Å². The molecular formula is C14H20N2. The summed E-state index contributed by atoms with van der Waals surface area (Å²) in [5.74, 6) is 0. The Labute approximate surface area is 96.9 Å². The molecule has 2 heteroatoms. The summed E-state index contributed by atoms with van der Waals surface area (Å²) in [5.41, 5.74) is 12.4. The first kappa shape index (κ1) is 11.2. The third-order valence-electron chi connectivity index (χ3n) is 3.08. The number of hydrogen-bond donors (Lipinski definition) is 2. The van der Waals surface area contributed by atoms with Gasteiger partial charge in [0.2, 0.25) is 0 Å². The van der Waals surface area contributed by atoms with Crippen molar-refractivity contribution in [2.75, 3.05) is 0 Å². The zero-order valence-corrected chi connectivity index (χ0v) is 10.5. The maximum absolute atomic E-state index is 5.91. The van der Waals surface area contributed by atoms with E-state index in [-0.39, 0.29) is 6.04 Å². The van der Waals surface area contributed by atoms with E-state index in [9.17, 15) is 0 Å². The van der Waals surface area contributed by atoms with Crippen LogP contribution in [0.15, 0.2) is 12.1 Å². The number of H-pyrrole nitrogens is 1. The molecule has 1 unspecified atom stereocenters. The third-order valence-corrected chi connectivity index (χ3v) is 3.08. The van der Waals surface area contributed by atoms with Gasteiger partial charge in [-0.2, -0.15) is 0 Å². The molecule has 0 aliphatic carbocycles.